The van der Waals surface area contributed by atoms with Crippen LogP contribution in [0.1, 0.15) is 19.7 Å². The fraction of sp³-hybridized carbons (Fsp3) is 0.400. The number of rotatable bonds is 6. The minimum Gasteiger partial charge on any atom is -0.492 e. The van der Waals surface area contributed by atoms with E-state index in [-0.39, 0.29) is 11.1 Å². The Morgan fingerprint density at radius 1 is 1.36 bits per heavy atom. The van der Waals surface area contributed by atoms with Gasteiger partial charge in [-0.05, 0) is 26.0 Å². The molecule has 2 aromatic rings. The second-order valence-corrected chi connectivity index (χ2v) is 6.35. The van der Waals surface area contributed by atoms with Gasteiger partial charge in [-0.1, -0.05) is 23.9 Å². The van der Waals surface area contributed by atoms with Crippen LogP contribution in [0, 0.1) is 0 Å². The molecule has 0 radical (unpaired) electrons. The number of para-hydroxylation sites is 2. The number of nitrogens with zero attached hydrogens (tertiary/aromatic N) is 3. The van der Waals surface area contributed by atoms with Crippen molar-refractivity contribution in [3.8, 4) is 5.75 Å². The third kappa shape index (κ3) is 4.65. The van der Waals surface area contributed by atoms with Crippen LogP contribution in [0.5, 0.6) is 5.75 Å². The van der Waals surface area contributed by atoms with E-state index in [9.17, 15) is 18.0 Å². The van der Waals surface area contributed by atoms with E-state index in [0.29, 0.717) is 18.0 Å². The second kappa shape index (κ2) is 7.77. The average molecular weight is 374 g/mol. The molecule has 0 saturated carbocycles. The molecule has 0 saturated heterocycles. The molecule has 0 spiro atoms. The molecule has 1 aromatic carbocycles. The first-order valence-corrected chi connectivity index (χ1v) is 8.28. The summed E-state index contributed by atoms with van der Waals surface area (Å²) in [7, 11) is 1.21. The van der Waals surface area contributed by atoms with Gasteiger partial charge in [-0.15, -0.1) is 10.2 Å². The number of hydrogen-bond acceptors (Lipinski definition) is 5. The fourth-order valence-corrected chi connectivity index (χ4v) is 2.78. The standard InChI is InChI=1S/C15H17F3N4O2S/c1-4-24-11-8-6-5-7-10(11)19-12(23)9(2)25-14-21-20-13(22(14)3)15(16,17)18/h5-9H,4H2,1-3H3,(H,19,23)/t9-/m0/s1. The zero-order valence-corrected chi connectivity index (χ0v) is 14.6. The fourth-order valence-electron chi connectivity index (χ4n) is 1.96. The highest BCUT2D eigenvalue weighted by molar-refractivity contribution is 8.00. The summed E-state index contributed by atoms with van der Waals surface area (Å²) in [5.41, 5.74) is 0.496. The number of carbonyl (C=O) groups is 1. The van der Waals surface area contributed by atoms with Gasteiger partial charge in [-0.3, -0.25) is 4.79 Å². The van der Waals surface area contributed by atoms with Crippen LogP contribution in [0.2, 0.25) is 0 Å². The molecule has 0 aliphatic carbocycles. The monoisotopic (exact) mass is 374 g/mol. The zero-order chi connectivity index (χ0) is 18.6. The molecule has 2 rings (SSSR count). The van der Waals surface area contributed by atoms with E-state index in [1.54, 1.807) is 31.2 Å². The van der Waals surface area contributed by atoms with Crippen LogP contribution >= 0.6 is 11.8 Å². The number of thioether (sulfide) groups is 1. The smallest absolute Gasteiger partial charge is 0.451 e. The molecule has 0 bridgehead atoms. The molecular formula is C15H17F3N4O2S. The molecule has 0 unspecified atom stereocenters. The first kappa shape index (κ1) is 19.1. The predicted octanol–water partition coefficient (Wildman–Crippen LogP) is 3.35. The Morgan fingerprint density at radius 2 is 2.04 bits per heavy atom. The SMILES string of the molecule is CCOc1ccccc1NC(=O)[C@H](C)Sc1nnc(C(F)(F)F)n1C. The molecule has 1 atom stereocenters. The lowest BCUT2D eigenvalue weighted by Crippen LogP contribution is -2.23. The van der Waals surface area contributed by atoms with E-state index in [1.165, 1.54) is 7.05 Å². The van der Waals surface area contributed by atoms with Gasteiger partial charge in [0.05, 0.1) is 17.5 Å². The molecule has 1 amide bonds. The Labute approximate surface area is 146 Å². The number of ether oxygens (including phenoxy) is 1. The predicted molar refractivity (Wildman–Crippen MR) is 87.6 cm³/mol. The summed E-state index contributed by atoms with van der Waals surface area (Å²) in [6.45, 7) is 3.84. The van der Waals surface area contributed by atoms with Crippen molar-refractivity contribution < 1.29 is 22.7 Å². The Morgan fingerprint density at radius 3 is 2.64 bits per heavy atom. The molecule has 1 N–H and O–H groups in total. The van der Waals surface area contributed by atoms with Crippen LogP contribution in [0.15, 0.2) is 29.4 Å². The first-order chi connectivity index (χ1) is 11.7. The zero-order valence-electron chi connectivity index (χ0n) is 13.8. The summed E-state index contributed by atoms with van der Waals surface area (Å²) in [6.07, 6.45) is -4.59. The summed E-state index contributed by atoms with van der Waals surface area (Å²) in [4.78, 5) is 12.3. The van der Waals surface area contributed by atoms with Gasteiger partial charge in [0.2, 0.25) is 11.7 Å². The third-order valence-corrected chi connectivity index (χ3v) is 4.32. The molecule has 0 aliphatic rings. The summed E-state index contributed by atoms with van der Waals surface area (Å²) >= 11 is 0.890. The Hall–Kier alpha value is -2.23. The minimum atomic E-state index is -4.59. The largest absolute Gasteiger partial charge is 0.492 e. The molecule has 136 valence electrons. The number of alkyl halides is 3. The maximum Gasteiger partial charge on any atom is 0.451 e. The third-order valence-electron chi connectivity index (χ3n) is 3.18. The molecule has 0 fully saturated rings. The Balaban J connectivity index is 2.08. The number of carbonyl (C=O) groups excluding carboxylic acids is 1. The second-order valence-electron chi connectivity index (χ2n) is 5.04. The van der Waals surface area contributed by atoms with Crippen LogP contribution in [0.3, 0.4) is 0 Å². The lowest BCUT2D eigenvalue weighted by Gasteiger charge is -2.14. The van der Waals surface area contributed by atoms with Crippen molar-refractivity contribution in [2.45, 2.75) is 30.4 Å². The number of amides is 1. The van der Waals surface area contributed by atoms with Gasteiger partial charge < -0.3 is 14.6 Å². The van der Waals surface area contributed by atoms with Gasteiger partial charge in [0.1, 0.15) is 5.75 Å². The van der Waals surface area contributed by atoms with Gasteiger partial charge in [0.15, 0.2) is 5.16 Å². The highest BCUT2D eigenvalue weighted by Crippen LogP contribution is 2.31. The van der Waals surface area contributed by atoms with Gasteiger partial charge >= 0.3 is 6.18 Å². The summed E-state index contributed by atoms with van der Waals surface area (Å²) in [5, 5.41) is 8.68. The number of halogens is 3. The summed E-state index contributed by atoms with van der Waals surface area (Å²) < 4.78 is 44.5. The van der Waals surface area contributed by atoms with Crippen LogP contribution in [0.25, 0.3) is 0 Å². The molecule has 6 nitrogen and oxygen atoms in total. The maximum atomic E-state index is 12.7. The molecule has 0 aliphatic heterocycles. The Kier molecular flexibility index (Phi) is 5.93. The average Bonchev–Trinajstić information content (AvgIpc) is 2.90. The molecule has 1 aromatic heterocycles. The van der Waals surface area contributed by atoms with E-state index in [1.807, 2.05) is 6.92 Å². The van der Waals surface area contributed by atoms with Crippen molar-refractivity contribution in [1.82, 2.24) is 14.8 Å². The number of hydrogen-bond donors (Lipinski definition) is 1. The van der Waals surface area contributed by atoms with E-state index in [0.717, 1.165) is 16.3 Å². The van der Waals surface area contributed by atoms with Crippen LogP contribution in [-0.4, -0.2) is 32.5 Å². The van der Waals surface area contributed by atoms with Crippen molar-refractivity contribution in [3.05, 3.63) is 30.1 Å². The van der Waals surface area contributed by atoms with Gasteiger partial charge in [-0.2, -0.15) is 13.2 Å². The van der Waals surface area contributed by atoms with Crippen molar-refractivity contribution in [2.24, 2.45) is 7.05 Å². The van der Waals surface area contributed by atoms with E-state index in [4.69, 9.17) is 4.74 Å². The van der Waals surface area contributed by atoms with E-state index < -0.39 is 17.3 Å². The van der Waals surface area contributed by atoms with Crippen molar-refractivity contribution in [3.63, 3.8) is 0 Å². The lowest BCUT2D eigenvalue weighted by atomic mass is 10.3. The maximum absolute atomic E-state index is 12.7. The number of aromatic nitrogens is 3. The molecule has 25 heavy (non-hydrogen) atoms. The number of nitrogens with one attached hydrogen (secondary N) is 1. The summed E-state index contributed by atoms with van der Waals surface area (Å²) in [6, 6.07) is 6.92. The minimum absolute atomic E-state index is 0.00747. The van der Waals surface area contributed by atoms with Crippen LogP contribution < -0.4 is 10.1 Å². The Bertz CT molecular complexity index is 749. The highest BCUT2D eigenvalue weighted by Gasteiger charge is 2.37. The number of anilines is 1. The van der Waals surface area contributed by atoms with E-state index >= 15 is 0 Å². The summed E-state index contributed by atoms with van der Waals surface area (Å²) in [5.74, 6) is -0.966. The quantitative estimate of drug-likeness (QED) is 0.786. The van der Waals surface area contributed by atoms with Crippen molar-refractivity contribution >= 4 is 23.4 Å². The number of benzene rings is 1. The van der Waals surface area contributed by atoms with Gasteiger partial charge in [-0.25, -0.2) is 0 Å². The van der Waals surface area contributed by atoms with Gasteiger partial charge in [0, 0.05) is 7.05 Å². The van der Waals surface area contributed by atoms with Crippen LogP contribution in [-0.2, 0) is 18.0 Å². The normalized spacial score (nSPS) is 12.7. The molecule has 1 heterocycles. The first-order valence-electron chi connectivity index (χ1n) is 7.40. The highest BCUT2D eigenvalue weighted by atomic mass is 32.2. The van der Waals surface area contributed by atoms with Crippen molar-refractivity contribution in [1.29, 1.82) is 0 Å². The van der Waals surface area contributed by atoms with Crippen molar-refractivity contribution in [2.75, 3.05) is 11.9 Å². The van der Waals surface area contributed by atoms with E-state index in [2.05, 4.69) is 15.5 Å². The molecule has 10 heteroatoms. The van der Waals surface area contributed by atoms with Gasteiger partial charge in [0.25, 0.3) is 0 Å². The topological polar surface area (TPSA) is 69.0 Å². The molecular weight excluding hydrogens is 357 g/mol. The van der Waals surface area contributed by atoms with Crippen LogP contribution in [0.4, 0.5) is 18.9 Å². The lowest BCUT2D eigenvalue weighted by molar-refractivity contribution is -0.147.